The molecule has 1 aliphatic heterocycles. The van der Waals surface area contributed by atoms with Gasteiger partial charge in [-0.3, -0.25) is 9.79 Å². The Morgan fingerprint density at radius 2 is 2.16 bits per heavy atom. The van der Waals surface area contributed by atoms with Crippen LogP contribution in [0.3, 0.4) is 0 Å². The largest absolute Gasteiger partial charge is 0.357 e. The average Bonchev–Trinajstić information content (AvgIpc) is 3.24. The van der Waals surface area contributed by atoms with Crippen LogP contribution in [0.1, 0.15) is 44.1 Å². The highest BCUT2D eigenvalue weighted by Crippen LogP contribution is 2.40. The summed E-state index contributed by atoms with van der Waals surface area (Å²) in [6, 6.07) is 9.04. The van der Waals surface area contributed by atoms with Gasteiger partial charge in [0.25, 0.3) is 0 Å². The van der Waals surface area contributed by atoms with E-state index in [1.54, 1.807) is 0 Å². The number of amides is 1. The molecule has 1 aromatic carbocycles. The zero-order valence-electron chi connectivity index (χ0n) is 14.8. The van der Waals surface area contributed by atoms with Gasteiger partial charge in [0.2, 0.25) is 5.91 Å². The summed E-state index contributed by atoms with van der Waals surface area (Å²) in [6.45, 7) is 5.42. The zero-order chi connectivity index (χ0) is 17.6. The lowest BCUT2D eigenvalue weighted by Gasteiger charge is -2.15. The van der Waals surface area contributed by atoms with Crippen LogP contribution in [0.4, 0.5) is 0 Å². The minimum absolute atomic E-state index is 0.296. The van der Waals surface area contributed by atoms with Crippen molar-refractivity contribution in [3.8, 4) is 0 Å². The third-order valence-corrected chi connectivity index (χ3v) is 5.31. The Balaban J connectivity index is 1.44. The predicted molar refractivity (Wildman–Crippen MR) is 105 cm³/mol. The molecule has 1 aromatic rings. The van der Waals surface area contributed by atoms with Crippen LogP contribution in [-0.4, -0.2) is 49.0 Å². The number of nitrogens with one attached hydrogen (secondary N) is 2. The van der Waals surface area contributed by atoms with E-state index in [4.69, 9.17) is 0 Å². The number of halogens is 1. The van der Waals surface area contributed by atoms with Crippen molar-refractivity contribution in [2.45, 2.75) is 44.6 Å². The smallest absolute Gasteiger partial charge is 0.222 e. The molecule has 1 saturated heterocycles. The van der Waals surface area contributed by atoms with Gasteiger partial charge in [0.1, 0.15) is 0 Å². The Labute approximate surface area is 158 Å². The molecule has 1 amide bonds. The maximum atomic E-state index is 11.6. The topological polar surface area (TPSA) is 56.7 Å². The summed E-state index contributed by atoms with van der Waals surface area (Å²) in [5.74, 6) is 1.75. The molecule has 136 valence electrons. The van der Waals surface area contributed by atoms with Crippen LogP contribution in [0.25, 0.3) is 0 Å². The second kappa shape index (κ2) is 8.70. The van der Waals surface area contributed by atoms with Gasteiger partial charge >= 0.3 is 0 Å². The molecule has 2 atom stereocenters. The third kappa shape index (κ3) is 5.21. The molecule has 1 saturated carbocycles. The lowest BCUT2D eigenvalue weighted by atomic mass is 10.1. The van der Waals surface area contributed by atoms with Gasteiger partial charge in [-0.2, -0.15) is 0 Å². The highest BCUT2D eigenvalue weighted by molar-refractivity contribution is 9.10. The summed E-state index contributed by atoms with van der Waals surface area (Å²) in [7, 11) is 0. The Bertz CT molecular complexity index is 616. The predicted octanol–water partition coefficient (Wildman–Crippen LogP) is 2.87. The normalized spacial score (nSPS) is 23.0. The van der Waals surface area contributed by atoms with Crippen LogP contribution in [0.15, 0.2) is 33.7 Å². The average molecular weight is 407 g/mol. The van der Waals surface area contributed by atoms with E-state index in [1.165, 1.54) is 5.56 Å². The number of benzene rings is 1. The van der Waals surface area contributed by atoms with E-state index in [0.717, 1.165) is 55.9 Å². The lowest BCUT2D eigenvalue weighted by molar-refractivity contribution is -0.127. The first-order valence-corrected chi connectivity index (χ1v) is 10.0. The Kier molecular flexibility index (Phi) is 6.34. The first-order valence-electron chi connectivity index (χ1n) is 9.25. The van der Waals surface area contributed by atoms with Gasteiger partial charge in [-0.15, -0.1) is 0 Å². The molecule has 2 unspecified atom stereocenters. The number of aliphatic imine (C=N–C) groups is 1. The number of carbonyl (C=O) groups is 1. The summed E-state index contributed by atoms with van der Waals surface area (Å²) >= 11 is 3.48. The standard InChI is InChI=1S/C19H27BrN4O/c1-2-21-19(22-10-4-12-24-11-3-5-18(24)25)23-17-13-16(17)14-6-8-15(20)9-7-14/h6-9,16-17H,2-5,10-13H2,1H3,(H2,21,22,23). The van der Waals surface area contributed by atoms with E-state index in [2.05, 4.69) is 62.7 Å². The Morgan fingerprint density at radius 3 is 2.84 bits per heavy atom. The van der Waals surface area contributed by atoms with Crippen molar-refractivity contribution in [1.29, 1.82) is 0 Å². The van der Waals surface area contributed by atoms with Crippen molar-refractivity contribution in [2.24, 2.45) is 4.99 Å². The fourth-order valence-corrected chi connectivity index (χ4v) is 3.59. The highest BCUT2D eigenvalue weighted by atomic mass is 79.9. The molecule has 1 aliphatic carbocycles. The Morgan fingerprint density at radius 1 is 1.36 bits per heavy atom. The van der Waals surface area contributed by atoms with Gasteiger partial charge in [0.05, 0.1) is 0 Å². The van der Waals surface area contributed by atoms with Crippen molar-refractivity contribution >= 4 is 27.8 Å². The van der Waals surface area contributed by atoms with Crippen LogP contribution in [0.2, 0.25) is 0 Å². The van der Waals surface area contributed by atoms with Gasteiger partial charge in [-0.05, 0) is 43.9 Å². The summed E-state index contributed by atoms with van der Waals surface area (Å²) in [5.41, 5.74) is 1.38. The van der Waals surface area contributed by atoms with Crippen LogP contribution in [-0.2, 0) is 4.79 Å². The molecular weight excluding hydrogens is 380 g/mol. The molecule has 0 radical (unpaired) electrons. The van der Waals surface area contributed by atoms with Gasteiger partial charge in [-0.25, -0.2) is 0 Å². The van der Waals surface area contributed by atoms with Crippen LogP contribution in [0, 0.1) is 0 Å². The monoisotopic (exact) mass is 406 g/mol. The van der Waals surface area contributed by atoms with E-state index in [1.807, 2.05) is 4.90 Å². The van der Waals surface area contributed by atoms with Crippen molar-refractivity contribution in [3.05, 3.63) is 34.3 Å². The number of hydrogen-bond acceptors (Lipinski definition) is 2. The molecule has 2 fully saturated rings. The van der Waals surface area contributed by atoms with Gasteiger partial charge in [0, 0.05) is 49.0 Å². The first kappa shape index (κ1) is 18.2. The van der Waals surface area contributed by atoms with Gasteiger partial charge in [0.15, 0.2) is 5.96 Å². The molecule has 0 aromatic heterocycles. The molecule has 0 bridgehead atoms. The van der Waals surface area contributed by atoms with Gasteiger partial charge < -0.3 is 15.5 Å². The molecule has 25 heavy (non-hydrogen) atoms. The quantitative estimate of drug-likeness (QED) is 0.415. The van der Waals surface area contributed by atoms with Crippen LogP contribution >= 0.6 is 15.9 Å². The molecular formula is C19H27BrN4O. The fraction of sp³-hybridized carbons (Fsp3) is 0.579. The summed E-state index contributed by atoms with van der Waals surface area (Å²) in [4.78, 5) is 18.2. The van der Waals surface area contributed by atoms with E-state index in [0.29, 0.717) is 24.3 Å². The molecule has 5 nitrogen and oxygen atoms in total. The molecule has 0 spiro atoms. The van der Waals surface area contributed by atoms with Crippen LogP contribution in [0.5, 0.6) is 0 Å². The van der Waals surface area contributed by atoms with Crippen molar-refractivity contribution in [3.63, 3.8) is 0 Å². The second-order valence-electron chi connectivity index (χ2n) is 6.74. The summed E-state index contributed by atoms with van der Waals surface area (Å²) < 4.78 is 1.12. The summed E-state index contributed by atoms with van der Waals surface area (Å²) in [6.07, 6.45) is 3.79. The highest BCUT2D eigenvalue weighted by Gasteiger charge is 2.38. The van der Waals surface area contributed by atoms with Crippen molar-refractivity contribution in [2.75, 3.05) is 26.2 Å². The maximum Gasteiger partial charge on any atom is 0.222 e. The number of nitrogens with zero attached hydrogens (tertiary/aromatic N) is 2. The van der Waals surface area contributed by atoms with Crippen LogP contribution < -0.4 is 10.6 Å². The fourth-order valence-electron chi connectivity index (χ4n) is 3.32. The maximum absolute atomic E-state index is 11.6. The molecule has 1 heterocycles. The third-order valence-electron chi connectivity index (χ3n) is 4.78. The van der Waals surface area contributed by atoms with E-state index in [9.17, 15) is 4.79 Å². The number of guanidine groups is 1. The summed E-state index contributed by atoms with van der Waals surface area (Å²) in [5, 5.41) is 6.86. The number of likely N-dealkylation sites (tertiary alicyclic amines) is 1. The van der Waals surface area contributed by atoms with E-state index >= 15 is 0 Å². The number of rotatable bonds is 7. The number of carbonyl (C=O) groups excluding carboxylic acids is 1. The molecule has 2 N–H and O–H groups in total. The van der Waals surface area contributed by atoms with Crippen molar-refractivity contribution in [1.82, 2.24) is 15.5 Å². The van der Waals surface area contributed by atoms with Gasteiger partial charge in [-0.1, -0.05) is 28.1 Å². The SMILES string of the molecule is CCNC(=NCCCN1CCCC1=O)NC1CC1c1ccc(Br)cc1. The van der Waals surface area contributed by atoms with E-state index in [-0.39, 0.29) is 0 Å². The lowest BCUT2D eigenvalue weighted by Crippen LogP contribution is -2.39. The first-order chi connectivity index (χ1) is 12.2. The molecule has 6 heteroatoms. The second-order valence-corrected chi connectivity index (χ2v) is 7.66. The molecule has 3 rings (SSSR count). The van der Waals surface area contributed by atoms with E-state index < -0.39 is 0 Å². The number of hydrogen-bond donors (Lipinski definition) is 2. The minimum atomic E-state index is 0.296. The Hall–Kier alpha value is -1.56. The minimum Gasteiger partial charge on any atom is -0.357 e. The van der Waals surface area contributed by atoms with Crippen molar-refractivity contribution < 1.29 is 4.79 Å². The zero-order valence-corrected chi connectivity index (χ0v) is 16.4. The molecule has 2 aliphatic rings.